The molecule has 0 bridgehead atoms. The summed E-state index contributed by atoms with van der Waals surface area (Å²) < 4.78 is 26.6. The molecule has 2 rings (SSSR count). The first-order valence-corrected chi connectivity index (χ1v) is 6.78. The van der Waals surface area contributed by atoms with Gasteiger partial charge < -0.3 is 0 Å². The topological polar surface area (TPSA) is 50.9 Å². The molecule has 18 heavy (non-hydrogen) atoms. The van der Waals surface area contributed by atoms with Crippen LogP contribution in [0.15, 0.2) is 28.2 Å². The summed E-state index contributed by atoms with van der Waals surface area (Å²) in [4.78, 5) is 4.14. The van der Waals surface area contributed by atoms with E-state index in [2.05, 4.69) is 26.3 Å². The largest absolute Gasteiger partial charge is 0.271 e. The van der Waals surface area contributed by atoms with Crippen LogP contribution in [-0.4, -0.2) is 4.98 Å². The maximum atomic E-state index is 13.5. The second-order valence-corrected chi connectivity index (χ2v) is 5.39. The molecular weight excluding hydrogens is 324 g/mol. The van der Waals surface area contributed by atoms with Gasteiger partial charge in [-0.05, 0) is 27.6 Å². The third-order valence-corrected chi connectivity index (χ3v) is 4.11. The zero-order valence-electron chi connectivity index (χ0n) is 9.16. The van der Waals surface area contributed by atoms with Crippen molar-refractivity contribution in [3.8, 4) is 0 Å². The van der Waals surface area contributed by atoms with Crippen molar-refractivity contribution < 1.29 is 8.78 Å². The molecule has 0 spiro atoms. The molecule has 0 radical (unpaired) electrons. The molecule has 1 heterocycles. The van der Waals surface area contributed by atoms with E-state index >= 15 is 0 Å². The standard InChI is InChI=1S/C11H10BrF2N3S/c12-10-6(1-2-7(13)11(10)14)8(17-15)5-9-16-3-4-18-9/h1-4,8,17H,5,15H2. The molecule has 0 aliphatic rings. The fraction of sp³-hybridized carbons (Fsp3) is 0.182. The lowest BCUT2D eigenvalue weighted by Gasteiger charge is -2.17. The minimum atomic E-state index is -0.910. The van der Waals surface area contributed by atoms with Crippen LogP contribution in [0.5, 0.6) is 0 Å². The quantitative estimate of drug-likeness (QED) is 0.514. The molecule has 0 aliphatic carbocycles. The van der Waals surface area contributed by atoms with Crippen molar-refractivity contribution in [2.24, 2.45) is 5.84 Å². The number of rotatable bonds is 4. The van der Waals surface area contributed by atoms with Crippen molar-refractivity contribution in [2.75, 3.05) is 0 Å². The van der Waals surface area contributed by atoms with E-state index in [0.29, 0.717) is 12.0 Å². The van der Waals surface area contributed by atoms with Crippen LogP contribution < -0.4 is 11.3 Å². The lowest BCUT2D eigenvalue weighted by molar-refractivity contribution is 0.491. The normalized spacial score (nSPS) is 12.7. The highest BCUT2D eigenvalue weighted by atomic mass is 79.9. The molecule has 0 amide bonds. The van der Waals surface area contributed by atoms with Gasteiger partial charge >= 0.3 is 0 Å². The number of aromatic nitrogens is 1. The van der Waals surface area contributed by atoms with E-state index in [4.69, 9.17) is 5.84 Å². The summed E-state index contributed by atoms with van der Waals surface area (Å²) in [5.74, 6) is 3.67. The van der Waals surface area contributed by atoms with Gasteiger partial charge in [-0.25, -0.2) is 13.8 Å². The molecule has 2 aromatic rings. The third-order valence-electron chi connectivity index (χ3n) is 2.50. The van der Waals surface area contributed by atoms with Crippen molar-refractivity contribution in [3.63, 3.8) is 0 Å². The smallest absolute Gasteiger partial charge is 0.173 e. The number of hydrazine groups is 1. The summed E-state index contributed by atoms with van der Waals surface area (Å²) in [6.07, 6.45) is 2.20. The van der Waals surface area contributed by atoms with Crippen molar-refractivity contribution in [1.82, 2.24) is 10.4 Å². The van der Waals surface area contributed by atoms with Crippen molar-refractivity contribution in [2.45, 2.75) is 12.5 Å². The lowest BCUT2D eigenvalue weighted by Crippen LogP contribution is -2.30. The van der Waals surface area contributed by atoms with Gasteiger partial charge in [0, 0.05) is 18.0 Å². The molecule has 0 fully saturated rings. The average molecular weight is 334 g/mol. The van der Waals surface area contributed by atoms with E-state index in [1.165, 1.54) is 17.4 Å². The van der Waals surface area contributed by atoms with E-state index in [0.717, 1.165) is 11.1 Å². The van der Waals surface area contributed by atoms with E-state index in [1.807, 2.05) is 5.38 Å². The Morgan fingerprint density at radius 1 is 1.44 bits per heavy atom. The number of nitrogens with one attached hydrogen (secondary N) is 1. The minimum Gasteiger partial charge on any atom is -0.271 e. The van der Waals surface area contributed by atoms with Gasteiger partial charge in [-0.15, -0.1) is 11.3 Å². The van der Waals surface area contributed by atoms with Gasteiger partial charge in [-0.2, -0.15) is 0 Å². The second-order valence-electron chi connectivity index (χ2n) is 3.61. The summed E-state index contributed by atoms with van der Waals surface area (Å²) in [5, 5.41) is 2.72. The van der Waals surface area contributed by atoms with Crippen molar-refractivity contribution in [3.05, 3.63) is 50.4 Å². The summed E-state index contributed by atoms with van der Waals surface area (Å²) >= 11 is 4.53. The van der Waals surface area contributed by atoms with Gasteiger partial charge in [0.15, 0.2) is 11.6 Å². The van der Waals surface area contributed by atoms with Crippen LogP contribution >= 0.6 is 27.3 Å². The summed E-state index contributed by atoms with van der Waals surface area (Å²) in [5.41, 5.74) is 3.15. The third kappa shape index (κ3) is 2.74. The van der Waals surface area contributed by atoms with Crippen molar-refractivity contribution >= 4 is 27.3 Å². The maximum absolute atomic E-state index is 13.5. The van der Waals surface area contributed by atoms with Gasteiger partial charge in [0.05, 0.1) is 15.5 Å². The predicted molar refractivity (Wildman–Crippen MR) is 69.9 cm³/mol. The van der Waals surface area contributed by atoms with E-state index in [-0.39, 0.29) is 10.5 Å². The zero-order chi connectivity index (χ0) is 13.1. The fourth-order valence-corrected chi connectivity index (χ4v) is 2.86. The highest BCUT2D eigenvalue weighted by molar-refractivity contribution is 9.10. The molecule has 0 saturated heterocycles. The molecule has 96 valence electrons. The molecule has 1 aromatic heterocycles. The Kier molecular flexibility index (Phi) is 4.39. The molecule has 1 atom stereocenters. The molecule has 3 N–H and O–H groups in total. The molecule has 7 heteroatoms. The van der Waals surface area contributed by atoms with Crippen LogP contribution in [0, 0.1) is 11.6 Å². The van der Waals surface area contributed by atoms with Crippen molar-refractivity contribution in [1.29, 1.82) is 0 Å². The first kappa shape index (κ1) is 13.5. The van der Waals surface area contributed by atoms with Crippen LogP contribution in [0.4, 0.5) is 8.78 Å². The Morgan fingerprint density at radius 3 is 2.83 bits per heavy atom. The average Bonchev–Trinajstić information content (AvgIpc) is 2.87. The Morgan fingerprint density at radius 2 is 2.22 bits per heavy atom. The Bertz CT molecular complexity index is 533. The number of thiazole rings is 1. The monoisotopic (exact) mass is 333 g/mol. The fourth-order valence-electron chi connectivity index (χ4n) is 1.60. The van der Waals surface area contributed by atoms with Crippen LogP contribution in [0.2, 0.25) is 0 Å². The van der Waals surface area contributed by atoms with E-state index < -0.39 is 11.6 Å². The highest BCUT2D eigenvalue weighted by Crippen LogP contribution is 2.29. The number of halogens is 3. The molecular formula is C11H10BrF2N3S. The zero-order valence-corrected chi connectivity index (χ0v) is 11.6. The summed E-state index contributed by atoms with van der Waals surface area (Å²) in [6, 6.07) is 2.25. The molecule has 1 unspecified atom stereocenters. The molecule has 3 nitrogen and oxygen atoms in total. The van der Waals surface area contributed by atoms with Crippen LogP contribution in [0.1, 0.15) is 16.6 Å². The maximum Gasteiger partial charge on any atom is 0.173 e. The Balaban J connectivity index is 2.30. The molecule has 0 aliphatic heterocycles. The van der Waals surface area contributed by atoms with E-state index in [9.17, 15) is 8.78 Å². The SMILES string of the molecule is NNC(Cc1nccs1)c1ccc(F)c(F)c1Br. The first-order chi connectivity index (χ1) is 8.63. The van der Waals surface area contributed by atoms with Crippen LogP contribution in [-0.2, 0) is 6.42 Å². The first-order valence-electron chi connectivity index (χ1n) is 5.11. The van der Waals surface area contributed by atoms with Gasteiger partial charge in [0.1, 0.15) is 0 Å². The second kappa shape index (κ2) is 5.83. The number of benzene rings is 1. The van der Waals surface area contributed by atoms with Gasteiger partial charge in [-0.3, -0.25) is 11.3 Å². The molecule has 1 aromatic carbocycles. The number of nitrogens with zero attached hydrogens (tertiary/aromatic N) is 1. The molecule has 0 saturated carbocycles. The van der Waals surface area contributed by atoms with Gasteiger partial charge in [0.2, 0.25) is 0 Å². The van der Waals surface area contributed by atoms with Crippen LogP contribution in [0.25, 0.3) is 0 Å². The number of hydrogen-bond donors (Lipinski definition) is 2. The van der Waals surface area contributed by atoms with Gasteiger partial charge in [-0.1, -0.05) is 6.07 Å². The highest BCUT2D eigenvalue weighted by Gasteiger charge is 2.19. The lowest BCUT2D eigenvalue weighted by atomic mass is 10.0. The minimum absolute atomic E-state index is 0.0852. The number of nitrogens with two attached hydrogens (primary N) is 1. The predicted octanol–water partition coefficient (Wildman–Crippen LogP) is 2.93. The van der Waals surface area contributed by atoms with E-state index in [1.54, 1.807) is 6.20 Å². The number of hydrogen-bond acceptors (Lipinski definition) is 4. The van der Waals surface area contributed by atoms with Crippen LogP contribution in [0.3, 0.4) is 0 Å². The van der Waals surface area contributed by atoms with Gasteiger partial charge in [0.25, 0.3) is 0 Å². The Hall–Kier alpha value is -0.890. The summed E-state index contributed by atoms with van der Waals surface area (Å²) in [7, 11) is 0. The summed E-state index contributed by atoms with van der Waals surface area (Å²) in [6.45, 7) is 0. The Labute approximate surface area is 115 Å².